The second-order valence-corrected chi connectivity index (χ2v) is 4.84. The third-order valence-electron chi connectivity index (χ3n) is 2.48. The van der Waals surface area contributed by atoms with Crippen LogP contribution in [0.4, 0.5) is 0 Å². The van der Waals surface area contributed by atoms with E-state index in [2.05, 4.69) is 9.97 Å². The zero-order valence-electron chi connectivity index (χ0n) is 9.34. The molecule has 2 heterocycles. The fourth-order valence-corrected chi connectivity index (χ4v) is 2.21. The lowest BCUT2D eigenvalue weighted by Gasteiger charge is -2.09. The Labute approximate surface area is 98.8 Å². The second kappa shape index (κ2) is 4.72. The number of nitrogens with zero attached hydrogens (tertiary/aromatic N) is 2. The summed E-state index contributed by atoms with van der Waals surface area (Å²) in [5.74, 6) is 0. The largest absolute Gasteiger partial charge is 0.386 e. The van der Waals surface area contributed by atoms with E-state index < -0.39 is 6.10 Å². The second-order valence-electron chi connectivity index (χ2n) is 3.78. The molecule has 2 aromatic rings. The highest BCUT2D eigenvalue weighted by molar-refractivity contribution is 7.09. The molecule has 0 spiro atoms. The van der Waals surface area contributed by atoms with Crippen LogP contribution >= 0.6 is 11.3 Å². The lowest BCUT2D eigenvalue weighted by atomic mass is 10.1. The summed E-state index contributed by atoms with van der Waals surface area (Å²) in [4.78, 5) is 8.54. The van der Waals surface area contributed by atoms with Crippen molar-refractivity contribution in [1.82, 2.24) is 9.97 Å². The van der Waals surface area contributed by atoms with Crippen LogP contribution in [0, 0.1) is 13.8 Å². The highest BCUT2D eigenvalue weighted by atomic mass is 32.1. The number of thiazole rings is 1. The number of rotatable bonds is 3. The molecule has 2 aromatic heterocycles. The fraction of sp³-hybridized carbons (Fsp3) is 0.333. The average molecular weight is 234 g/mol. The van der Waals surface area contributed by atoms with Gasteiger partial charge in [-0.3, -0.25) is 4.98 Å². The van der Waals surface area contributed by atoms with E-state index in [-0.39, 0.29) is 0 Å². The van der Waals surface area contributed by atoms with Crippen molar-refractivity contribution in [2.24, 2.45) is 0 Å². The minimum Gasteiger partial charge on any atom is -0.386 e. The molecule has 0 saturated heterocycles. The Morgan fingerprint density at radius 3 is 2.88 bits per heavy atom. The van der Waals surface area contributed by atoms with E-state index in [1.807, 2.05) is 31.4 Å². The van der Waals surface area contributed by atoms with E-state index in [0.29, 0.717) is 6.42 Å². The molecule has 0 aliphatic heterocycles. The van der Waals surface area contributed by atoms with Crippen LogP contribution in [0.1, 0.15) is 28.1 Å². The first-order chi connectivity index (χ1) is 7.66. The molecule has 0 fully saturated rings. The quantitative estimate of drug-likeness (QED) is 0.887. The zero-order chi connectivity index (χ0) is 11.5. The number of hydrogen-bond donors (Lipinski definition) is 1. The molecule has 2 rings (SSSR count). The minimum absolute atomic E-state index is 0.524. The Morgan fingerprint density at radius 1 is 1.44 bits per heavy atom. The molecule has 0 aliphatic carbocycles. The Hall–Kier alpha value is -1.26. The van der Waals surface area contributed by atoms with Crippen molar-refractivity contribution in [3.05, 3.63) is 45.7 Å². The van der Waals surface area contributed by atoms with Crippen molar-refractivity contribution in [3.63, 3.8) is 0 Å². The number of aromatic nitrogens is 2. The van der Waals surface area contributed by atoms with Crippen molar-refractivity contribution in [3.8, 4) is 0 Å². The summed E-state index contributed by atoms with van der Waals surface area (Å²) < 4.78 is 0. The Balaban J connectivity index is 2.13. The Bertz CT molecular complexity index is 481. The van der Waals surface area contributed by atoms with E-state index in [1.165, 1.54) is 0 Å². The maximum atomic E-state index is 10.0. The van der Waals surface area contributed by atoms with Crippen LogP contribution in [-0.2, 0) is 6.42 Å². The standard InChI is InChI=1S/C12H14N2OS/c1-8-4-3-5-13-10(8)6-12(15)11-7-16-9(2)14-11/h3-5,7,12,15H,6H2,1-2H3. The van der Waals surface area contributed by atoms with E-state index >= 15 is 0 Å². The SMILES string of the molecule is Cc1nc(C(O)Cc2ncccc2C)cs1. The number of pyridine rings is 1. The van der Waals surface area contributed by atoms with Gasteiger partial charge in [-0.1, -0.05) is 6.07 Å². The van der Waals surface area contributed by atoms with Gasteiger partial charge in [0.05, 0.1) is 10.7 Å². The van der Waals surface area contributed by atoms with Crippen molar-refractivity contribution < 1.29 is 5.11 Å². The molecule has 0 radical (unpaired) electrons. The van der Waals surface area contributed by atoms with Gasteiger partial charge in [-0.05, 0) is 25.5 Å². The summed E-state index contributed by atoms with van der Waals surface area (Å²) >= 11 is 1.56. The molecule has 4 heteroatoms. The predicted octanol–water partition coefficient (Wildman–Crippen LogP) is 2.43. The monoisotopic (exact) mass is 234 g/mol. The molecule has 0 aliphatic rings. The summed E-state index contributed by atoms with van der Waals surface area (Å²) in [6.45, 7) is 3.94. The molecule has 0 aromatic carbocycles. The van der Waals surface area contributed by atoms with Crippen molar-refractivity contribution in [2.75, 3.05) is 0 Å². The maximum Gasteiger partial charge on any atom is 0.102 e. The van der Waals surface area contributed by atoms with Gasteiger partial charge in [0.2, 0.25) is 0 Å². The van der Waals surface area contributed by atoms with Crippen LogP contribution in [-0.4, -0.2) is 15.1 Å². The van der Waals surface area contributed by atoms with Gasteiger partial charge in [0, 0.05) is 23.7 Å². The van der Waals surface area contributed by atoms with Crippen LogP contribution in [0.3, 0.4) is 0 Å². The molecule has 0 amide bonds. The molecule has 16 heavy (non-hydrogen) atoms. The van der Waals surface area contributed by atoms with Crippen LogP contribution in [0.25, 0.3) is 0 Å². The van der Waals surface area contributed by atoms with Gasteiger partial charge in [-0.15, -0.1) is 11.3 Å². The topological polar surface area (TPSA) is 46.0 Å². The first kappa shape index (κ1) is 11.2. The summed E-state index contributed by atoms with van der Waals surface area (Å²) in [7, 11) is 0. The average Bonchev–Trinajstić information content (AvgIpc) is 2.68. The fourth-order valence-electron chi connectivity index (χ4n) is 1.55. The molecule has 1 N–H and O–H groups in total. The van der Waals surface area contributed by atoms with Gasteiger partial charge in [-0.2, -0.15) is 0 Å². The third kappa shape index (κ3) is 2.46. The molecule has 1 unspecified atom stereocenters. The van der Waals surface area contributed by atoms with Gasteiger partial charge in [0.25, 0.3) is 0 Å². The summed E-state index contributed by atoms with van der Waals surface area (Å²) in [5.41, 5.74) is 2.78. The zero-order valence-corrected chi connectivity index (χ0v) is 10.2. The van der Waals surface area contributed by atoms with Crippen molar-refractivity contribution in [1.29, 1.82) is 0 Å². The minimum atomic E-state index is -0.557. The highest BCUT2D eigenvalue weighted by Gasteiger charge is 2.13. The van der Waals surface area contributed by atoms with Crippen molar-refractivity contribution in [2.45, 2.75) is 26.4 Å². The molecular formula is C12H14N2OS. The lowest BCUT2D eigenvalue weighted by Crippen LogP contribution is -2.05. The summed E-state index contributed by atoms with van der Waals surface area (Å²) in [5, 5.41) is 12.9. The predicted molar refractivity (Wildman–Crippen MR) is 64.5 cm³/mol. The van der Waals surface area contributed by atoms with E-state index in [1.54, 1.807) is 17.5 Å². The van der Waals surface area contributed by atoms with Gasteiger partial charge < -0.3 is 5.11 Å². The van der Waals surface area contributed by atoms with Gasteiger partial charge in [-0.25, -0.2) is 4.98 Å². The molecule has 0 bridgehead atoms. The van der Waals surface area contributed by atoms with E-state index in [0.717, 1.165) is 22.0 Å². The van der Waals surface area contributed by atoms with Crippen molar-refractivity contribution >= 4 is 11.3 Å². The number of aliphatic hydroxyl groups excluding tert-OH is 1. The van der Waals surface area contributed by atoms with Crippen LogP contribution in [0.15, 0.2) is 23.7 Å². The van der Waals surface area contributed by atoms with E-state index in [4.69, 9.17) is 0 Å². The number of aliphatic hydroxyl groups is 1. The Kier molecular flexibility index (Phi) is 3.31. The molecule has 84 valence electrons. The van der Waals surface area contributed by atoms with Crippen LogP contribution in [0.2, 0.25) is 0 Å². The van der Waals surface area contributed by atoms with Gasteiger partial charge in [0.15, 0.2) is 0 Å². The smallest absolute Gasteiger partial charge is 0.102 e. The number of aryl methyl sites for hydroxylation is 2. The third-order valence-corrected chi connectivity index (χ3v) is 3.27. The first-order valence-corrected chi connectivity index (χ1v) is 6.05. The molecule has 0 saturated carbocycles. The van der Waals surface area contributed by atoms with Gasteiger partial charge in [0.1, 0.15) is 6.10 Å². The molecule has 1 atom stereocenters. The maximum absolute atomic E-state index is 10.0. The normalized spacial score (nSPS) is 12.7. The Morgan fingerprint density at radius 2 is 2.25 bits per heavy atom. The summed E-state index contributed by atoms with van der Waals surface area (Å²) in [6.07, 6.45) is 1.72. The highest BCUT2D eigenvalue weighted by Crippen LogP contribution is 2.20. The first-order valence-electron chi connectivity index (χ1n) is 5.17. The van der Waals surface area contributed by atoms with Crippen LogP contribution in [0.5, 0.6) is 0 Å². The van der Waals surface area contributed by atoms with E-state index in [9.17, 15) is 5.11 Å². The van der Waals surface area contributed by atoms with Crippen LogP contribution < -0.4 is 0 Å². The molecular weight excluding hydrogens is 220 g/mol. The number of hydrogen-bond acceptors (Lipinski definition) is 4. The lowest BCUT2D eigenvalue weighted by molar-refractivity contribution is 0.173. The summed E-state index contributed by atoms with van der Waals surface area (Å²) in [6, 6.07) is 3.90. The molecule has 3 nitrogen and oxygen atoms in total. The van der Waals surface area contributed by atoms with Gasteiger partial charge >= 0.3 is 0 Å².